The van der Waals surface area contributed by atoms with Gasteiger partial charge in [0.1, 0.15) is 5.82 Å². The van der Waals surface area contributed by atoms with Crippen molar-refractivity contribution in [3.8, 4) is 0 Å². The summed E-state index contributed by atoms with van der Waals surface area (Å²) in [4.78, 5) is 17.7. The SMILES string of the molecule is CN(c1ccccc1)c1ccc(C(=O)NS(C)(=O)=O)cn1. The van der Waals surface area contributed by atoms with E-state index in [1.807, 2.05) is 47.0 Å². The van der Waals surface area contributed by atoms with Gasteiger partial charge in [-0.05, 0) is 24.3 Å². The number of aromatic nitrogens is 1. The molecule has 0 saturated carbocycles. The van der Waals surface area contributed by atoms with Crippen LogP contribution in [-0.4, -0.2) is 32.6 Å². The molecule has 1 N–H and O–H groups in total. The summed E-state index contributed by atoms with van der Waals surface area (Å²) in [7, 11) is -1.72. The van der Waals surface area contributed by atoms with Gasteiger partial charge in [-0.3, -0.25) is 4.79 Å². The minimum atomic E-state index is -3.58. The molecule has 1 amide bonds. The maximum absolute atomic E-state index is 11.7. The van der Waals surface area contributed by atoms with Crippen molar-refractivity contribution in [2.75, 3.05) is 18.2 Å². The van der Waals surface area contributed by atoms with Crippen LogP contribution in [0.25, 0.3) is 0 Å². The first-order valence-corrected chi connectivity index (χ1v) is 8.03. The van der Waals surface area contributed by atoms with Gasteiger partial charge in [0, 0.05) is 18.9 Å². The summed E-state index contributed by atoms with van der Waals surface area (Å²) in [5, 5.41) is 0. The molecule has 6 nitrogen and oxygen atoms in total. The molecule has 0 bridgehead atoms. The molecule has 0 fully saturated rings. The van der Waals surface area contributed by atoms with Gasteiger partial charge in [-0.1, -0.05) is 18.2 Å². The normalized spacial score (nSPS) is 11.0. The Morgan fingerprint density at radius 3 is 2.33 bits per heavy atom. The molecule has 0 saturated heterocycles. The summed E-state index contributed by atoms with van der Waals surface area (Å²) in [5.41, 5.74) is 1.14. The molecule has 0 spiro atoms. The summed E-state index contributed by atoms with van der Waals surface area (Å²) in [5.74, 6) is -0.0454. The number of pyridine rings is 1. The van der Waals surface area contributed by atoms with E-state index in [4.69, 9.17) is 0 Å². The van der Waals surface area contributed by atoms with E-state index in [1.54, 1.807) is 6.07 Å². The van der Waals surface area contributed by atoms with Crippen LogP contribution in [0.5, 0.6) is 0 Å². The van der Waals surface area contributed by atoms with E-state index in [-0.39, 0.29) is 5.56 Å². The fraction of sp³-hybridized carbons (Fsp3) is 0.143. The Morgan fingerprint density at radius 2 is 1.81 bits per heavy atom. The average Bonchev–Trinajstić information content (AvgIpc) is 2.46. The van der Waals surface area contributed by atoms with E-state index in [1.165, 1.54) is 12.3 Å². The number of hydrogen-bond donors (Lipinski definition) is 1. The third-order valence-corrected chi connectivity index (χ3v) is 3.33. The molecule has 110 valence electrons. The molecule has 0 atom stereocenters. The summed E-state index contributed by atoms with van der Waals surface area (Å²) < 4.78 is 23.9. The van der Waals surface area contributed by atoms with Gasteiger partial charge in [0.15, 0.2) is 0 Å². The molecule has 2 rings (SSSR count). The van der Waals surface area contributed by atoms with E-state index >= 15 is 0 Å². The second-order valence-electron chi connectivity index (χ2n) is 4.50. The Balaban J connectivity index is 2.18. The first-order valence-electron chi connectivity index (χ1n) is 6.14. The van der Waals surface area contributed by atoms with Crippen LogP contribution in [0, 0.1) is 0 Å². The quantitative estimate of drug-likeness (QED) is 0.927. The third-order valence-electron chi connectivity index (χ3n) is 2.78. The second-order valence-corrected chi connectivity index (χ2v) is 6.25. The summed E-state index contributed by atoms with van der Waals surface area (Å²) >= 11 is 0. The molecule has 1 heterocycles. The van der Waals surface area contributed by atoms with Crippen molar-refractivity contribution in [2.45, 2.75) is 0 Å². The Hall–Kier alpha value is -2.41. The lowest BCUT2D eigenvalue weighted by Crippen LogP contribution is -2.29. The smallest absolute Gasteiger partial charge is 0.266 e. The number of hydrogen-bond acceptors (Lipinski definition) is 5. The third kappa shape index (κ3) is 4.03. The van der Waals surface area contributed by atoms with Crippen molar-refractivity contribution < 1.29 is 13.2 Å². The number of nitrogens with zero attached hydrogens (tertiary/aromatic N) is 2. The molecule has 1 aromatic carbocycles. The summed E-state index contributed by atoms with van der Waals surface area (Å²) in [6.45, 7) is 0. The Kier molecular flexibility index (Phi) is 4.23. The molecule has 2 aromatic rings. The lowest BCUT2D eigenvalue weighted by atomic mass is 10.2. The van der Waals surface area contributed by atoms with Crippen LogP contribution in [0.15, 0.2) is 48.7 Å². The van der Waals surface area contributed by atoms with E-state index in [0.717, 1.165) is 11.9 Å². The molecule has 7 heteroatoms. The molecular weight excluding hydrogens is 290 g/mol. The van der Waals surface area contributed by atoms with Gasteiger partial charge in [0.05, 0.1) is 11.8 Å². The standard InChI is InChI=1S/C14H15N3O3S/c1-17(12-6-4-3-5-7-12)13-9-8-11(10-15-13)14(18)16-21(2,19)20/h3-10H,1-2H3,(H,16,18). The second kappa shape index (κ2) is 5.92. The maximum Gasteiger partial charge on any atom is 0.266 e. The topological polar surface area (TPSA) is 79.4 Å². The van der Waals surface area contributed by atoms with E-state index in [2.05, 4.69) is 4.98 Å². The van der Waals surface area contributed by atoms with Crippen molar-refractivity contribution in [2.24, 2.45) is 0 Å². The van der Waals surface area contributed by atoms with Crippen LogP contribution >= 0.6 is 0 Å². The Labute approximate surface area is 123 Å². The zero-order valence-electron chi connectivity index (χ0n) is 11.6. The highest BCUT2D eigenvalue weighted by molar-refractivity contribution is 7.89. The van der Waals surface area contributed by atoms with Crippen LogP contribution in [0.3, 0.4) is 0 Å². The predicted octanol–water partition coefficient (Wildman–Crippen LogP) is 1.54. The number of para-hydroxylation sites is 1. The molecule has 0 aliphatic carbocycles. The van der Waals surface area contributed by atoms with Gasteiger partial charge in [0.2, 0.25) is 10.0 Å². The van der Waals surface area contributed by atoms with Gasteiger partial charge in [-0.25, -0.2) is 18.1 Å². The average molecular weight is 305 g/mol. The van der Waals surface area contributed by atoms with Crippen molar-refractivity contribution in [3.63, 3.8) is 0 Å². The highest BCUT2D eigenvalue weighted by Crippen LogP contribution is 2.20. The molecule has 1 aromatic heterocycles. The number of carbonyl (C=O) groups excluding carboxylic acids is 1. The van der Waals surface area contributed by atoms with Crippen molar-refractivity contribution >= 4 is 27.4 Å². The minimum absolute atomic E-state index is 0.186. The van der Waals surface area contributed by atoms with Crippen molar-refractivity contribution in [1.82, 2.24) is 9.71 Å². The largest absolute Gasteiger partial charge is 0.329 e. The van der Waals surface area contributed by atoms with E-state index in [9.17, 15) is 13.2 Å². The highest BCUT2D eigenvalue weighted by Gasteiger charge is 2.12. The zero-order valence-corrected chi connectivity index (χ0v) is 12.5. The number of amides is 1. The molecule has 0 radical (unpaired) electrons. The van der Waals surface area contributed by atoms with Crippen LogP contribution in [0.4, 0.5) is 11.5 Å². The zero-order chi connectivity index (χ0) is 15.5. The highest BCUT2D eigenvalue weighted by atomic mass is 32.2. The molecule has 0 aliphatic heterocycles. The van der Waals surface area contributed by atoms with Crippen LogP contribution in [0.1, 0.15) is 10.4 Å². The van der Waals surface area contributed by atoms with Crippen LogP contribution < -0.4 is 9.62 Å². The lowest BCUT2D eigenvalue weighted by molar-refractivity contribution is 0.0981. The fourth-order valence-electron chi connectivity index (χ4n) is 1.73. The molecular formula is C14H15N3O3S. The van der Waals surface area contributed by atoms with Crippen molar-refractivity contribution in [1.29, 1.82) is 0 Å². The first-order chi connectivity index (χ1) is 9.87. The van der Waals surface area contributed by atoms with E-state index < -0.39 is 15.9 Å². The summed E-state index contributed by atoms with van der Waals surface area (Å²) in [6.07, 6.45) is 2.27. The lowest BCUT2D eigenvalue weighted by Gasteiger charge is -2.18. The van der Waals surface area contributed by atoms with Gasteiger partial charge >= 0.3 is 0 Å². The Bertz CT molecular complexity index is 728. The molecule has 0 unspecified atom stereocenters. The van der Waals surface area contributed by atoms with Gasteiger partial charge in [-0.2, -0.15) is 0 Å². The van der Waals surface area contributed by atoms with Gasteiger partial charge in [0.25, 0.3) is 5.91 Å². The first kappa shape index (κ1) is 15.0. The number of nitrogens with one attached hydrogen (secondary N) is 1. The summed E-state index contributed by atoms with van der Waals surface area (Å²) in [6, 6.07) is 12.8. The number of rotatable bonds is 4. The monoisotopic (exact) mass is 305 g/mol. The number of carbonyl (C=O) groups is 1. The molecule has 21 heavy (non-hydrogen) atoms. The van der Waals surface area contributed by atoms with Crippen molar-refractivity contribution in [3.05, 3.63) is 54.2 Å². The fourth-order valence-corrected chi connectivity index (χ4v) is 2.18. The number of anilines is 2. The van der Waals surface area contributed by atoms with Crippen LogP contribution in [0.2, 0.25) is 0 Å². The maximum atomic E-state index is 11.7. The van der Waals surface area contributed by atoms with E-state index in [0.29, 0.717) is 5.82 Å². The number of sulfonamides is 1. The van der Waals surface area contributed by atoms with Crippen LogP contribution in [-0.2, 0) is 10.0 Å². The van der Waals surface area contributed by atoms with Gasteiger partial charge in [-0.15, -0.1) is 0 Å². The molecule has 0 aliphatic rings. The predicted molar refractivity (Wildman–Crippen MR) is 81.1 cm³/mol. The van der Waals surface area contributed by atoms with Gasteiger partial charge < -0.3 is 4.90 Å². The number of benzene rings is 1. The Morgan fingerprint density at radius 1 is 1.14 bits per heavy atom. The minimum Gasteiger partial charge on any atom is -0.329 e.